The first-order chi connectivity index (χ1) is 4.74. The second-order valence-corrected chi connectivity index (χ2v) is 6.30. The second kappa shape index (κ2) is 3.93. The van der Waals surface area contributed by atoms with E-state index >= 15 is 0 Å². The number of hydrogen-bond donors (Lipinski definition) is 0. The Morgan fingerprint density at radius 1 is 1.30 bits per heavy atom. The molecule has 2 unspecified atom stereocenters. The zero-order chi connectivity index (χ0) is 7.56. The van der Waals surface area contributed by atoms with Gasteiger partial charge in [-0.1, -0.05) is 13.8 Å². The van der Waals surface area contributed by atoms with Crippen LogP contribution in [-0.2, 0) is 0 Å². The summed E-state index contributed by atoms with van der Waals surface area (Å²) in [7, 11) is 0.344. The van der Waals surface area contributed by atoms with Gasteiger partial charge in [-0.3, -0.25) is 0 Å². The second-order valence-electron chi connectivity index (χ2n) is 3.40. The lowest BCUT2D eigenvalue weighted by Crippen LogP contribution is -2.01. The normalized spacial score (nSPS) is 40.5. The molecule has 60 valence electrons. The highest BCUT2D eigenvalue weighted by Crippen LogP contribution is 2.48. The fraction of sp³-hybridized carbons (Fsp3) is 1.00. The first-order valence-corrected chi connectivity index (χ1v) is 6.45. The van der Waals surface area contributed by atoms with Gasteiger partial charge in [0, 0.05) is 5.88 Å². The molecule has 0 N–H and O–H groups in total. The molecule has 1 aliphatic heterocycles. The maximum atomic E-state index is 5.69. The summed E-state index contributed by atoms with van der Waals surface area (Å²) in [5.41, 5.74) is 0. The van der Waals surface area contributed by atoms with Crippen molar-refractivity contribution in [1.82, 2.24) is 0 Å². The number of hydrogen-bond acceptors (Lipinski definition) is 0. The highest BCUT2D eigenvalue weighted by Gasteiger charge is 2.26. The maximum absolute atomic E-state index is 5.69. The van der Waals surface area contributed by atoms with Crippen molar-refractivity contribution in [1.29, 1.82) is 0 Å². The first-order valence-electron chi connectivity index (χ1n) is 4.02. The van der Waals surface area contributed by atoms with E-state index in [0.717, 1.165) is 17.7 Å². The Labute approximate surface area is 70.1 Å². The van der Waals surface area contributed by atoms with Crippen molar-refractivity contribution in [2.24, 2.45) is 11.8 Å². The Hall–Kier alpha value is 0.720. The summed E-state index contributed by atoms with van der Waals surface area (Å²) in [5.74, 6) is 2.81. The van der Waals surface area contributed by atoms with Gasteiger partial charge < -0.3 is 0 Å². The summed E-state index contributed by atoms with van der Waals surface area (Å²) in [6, 6.07) is 0. The minimum absolute atomic E-state index is 0.344. The molecule has 1 heterocycles. The van der Waals surface area contributed by atoms with Gasteiger partial charge in [0.1, 0.15) is 0 Å². The average molecular weight is 179 g/mol. The Kier molecular flexibility index (Phi) is 3.46. The molecule has 0 spiro atoms. The fourth-order valence-corrected chi connectivity index (χ4v) is 5.37. The van der Waals surface area contributed by atoms with Gasteiger partial charge >= 0.3 is 0 Å². The molecule has 0 nitrogen and oxygen atoms in total. The Balaban J connectivity index is 2.27. The monoisotopic (exact) mass is 178 g/mol. The van der Waals surface area contributed by atoms with Crippen molar-refractivity contribution in [3.05, 3.63) is 0 Å². The average Bonchev–Trinajstić information content (AvgIpc) is 2.14. The van der Waals surface area contributed by atoms with Crippen molar-refractivity contribution >= 4 is 19.5 Å². The molecular formula is C8H16ClP. The highest BCUT2D eigenvalue weighted by molar-refractivity contribution is 7.58. The van der Waals surface area contributed by atoms with E-state index in [1.807, 2.05) is 0 Å². The fourth-order valence-electron chi connectivity index (χ4n) is 1.55. The summed E-state index contributed by atoms with van der Waals surface area (Å²) < 4.78 is 0. The van der Waals surface area contributed by atoms with Crippen molar-refractivity contribution in [2.75, 3.05) is 24.4 Å². The lowest BCUT2D eigenvalue weighted by atomic mass is 10.0. The molecule has 1 saturated heterocycles. The summed E-state index contributed by atoms with van der Waals surface area (Å²) >= 11 is 5.69. The van der Waals surface area contributed by atoms with Crippen LogP contribution in [0.25, 0.3) is 0 Å². The molecule has 0 aromatic rings. The zero-order valence-electron chi connectivity index (χ0n) is 6.81. The van der Waals surface area contributed by atoms with Gasteiger partial charge in [-0.15, -0.1) is 19.5 Å². The number of rotatable bonds is 2. The van der Waals surface area contributed by atoms with Crippen molar-refractivity contribution < 1.29 is 0 Å². The van der Waals surface area contributed by atoms with E-state index in [0.29, 0.717) is 7.92 Å². The SMILES string of the molecule is CC1CP(CCCl)CC1C. The topological polar surface area (TPSA) is 0 Å². The van der Waals surface area contributed by atoms with E-state index in [4.69, 9.17) is 11.6 Å². The molecule has 1 rings (SSSR count). The quantitative estimate of drug-likeness (QED) is 0.451. The molecule has 1 aliphatic rings. The zero-order valence-corrected chi connectivity index (χ0v) is 8.46. The molecule has 10 heavy (non-hydrogen) atoms. The van der Waals surface area contributed by atoms with E-state index in [1.165, 1.54) is 18.5 Å². The first kappa shape index (κ1) is 8.81. The molecular weight excluding hydrogens is 163 g/mol. The Bertz CT molecular complexity index is 95.4. The van der Waals surface area contributed by atoms with E-state index in [-0.39, 0.29) is 0 Å². The van der Waals surface area contributed by atoms with Gasteiger partial charge in [0.15, 0.2) is 0 Å². The van der Waals surface area contributed by atoms with E-state index in [2.05, 4.69) is 13.8 Å². The van der Waals surface area contributed by atoms with Crippen LogP contribution in [0.15, 0.2) is 0 Å². The van der Waals surface area contributed by atoms with Gasteiger partial charge in [-0.2, -0.15) is 0 Å². The van der Waals surface area contributed by atoms with Crippen LogP contribution in [-0.4, -0.2) is 24.4 Å². The van der Waals surface area contributed by atoms with Crippen LogP contribution in [0, 0.1) is 11.8 Å². The summed E-state index contributed by atoms with van der Waals surface area (Å²) in [4.78, 5) is 0. The van der Waals surface area contributed by atoms with Crippen LogP contribution in [0.5, 0.6) is 0 Å². The summed E-state index contributed by atoms with van der Waals surface area (Å²) in [6.45, 7) is 4.75. The van der Waals surface area contributed by atoms with Crippen molar-refractivity contribution in [3.8, 4) is 0 Å². The molecule has 0 radical (unpaired) electrons. The highest BCUT2D eigenvalue weighted by atomic mass is 35.5. The van der Waals surface area contributed by atoms with E-state index in [1.54, 1.807) is 0 Å². The third kappa shape index (κ3) is 2.10. The third-order valence-electron chi connectivity index (χ3n) is 2.46. The predicted octanol–water partition coefficient (Wildman–Crippen LogP) is 2.99. The van der Waals surface area contributed by atoms with Crippen LogP contribution in [0.4, 0.5) is 0 Å². The van der Waals surface area contributed by atoms with Crippen LogP contribution in [0.2, 0.25) is 0 Å². The van der Waals surface area contributed by atoms with Crippen LogP contribution in [0.3, 0.4) is 0 Å². The molecule has 1 fully saturated rings. The van der Waals surface area contributed by atoms with Gasteiger partial charge in [-0.05, 0) is 30.3 Å². The molecule has 0 amide bonds. The largest absolute Gasteiger partial charge is 0.126 e. The molecule has 0 aromatic carbocycles. The van der Waals surface area contributed by atoms with Gasteiger partial charge in [0.25, 0.3) is 0 Å². The molecule has 2 atom stereocenters. The van der Waals surface area contributed by atoms with E-state index < -0.39 is 0 Å². The molecule has 0 bridgehead atoms. The molecule has 0 aliphatic carbocycles. The van der Waals surface area contributed by atoms with Gasteiger partial charge in [0.05, 0.1) is 0 Å². The van der Waals surface area contributed by atoms with Gasteiger partial charge in [-0.25, -0.2) is 0 Å². The van der Waals surface area contributed by atoms with Crippen LogP contribution in [0.1, 0.15) is 13.8 Å². The lowest BCUT2D eigenvalue weighted by Gasteiger charge is -2.05. The Morgan fingerprint density at radius 2 is 1.80 bits per heavy atom. The Morgan fingerprint density at radius 3 is 2.20 bits per heavy atom. The minimum atomic E-state index is 0.344. The van der Waals surface area contributed by atoms with Crippen molar-refractivity contribution in [3.63, 3.8) is 0 Å². The standard InChI is InChI=1S/C8H16ClP/c1-7-5-10(4-3-9)6-8(7)2/h7-8H,3-6H2,1-2H3. The molecule has 0 aromatic heterocycles. The van der Waals surface area contributed by atoms with Crippen LogP contribution >= 0.6 is 19.5 Å². The molecule has 0 saturated carbocycles. The smallest absolute Gasteiger partial charge is 0.0262 e. The van der Waals surface area contributed by atoms with Crippen LogP contribution < -0.4 is 0 Å². The van der Waals surface area contributed by atoms with Crippen molar-refractivity contribution in [2.45, 2.75) is 13.8 Å². The summed E-state index contributed by atoms with van der Waals surface area (Å²) in [5, 5.41) is 0. The molecule has 2 heteroatoms. The maximum Gasteiger partial charge on any atom is 0.0262 e. The predicted molar refractivity (Wildman–Crippen MR) is 50.6 cm³/mol. The minimum Gasteiger partial charge on any atom is -0.126 e. The number of alkyl halides is 1. The third-order valence-corrected chi connectivity index (χ3v) is 5.96. The van der Waals surface area contributed by atoms with E-state index in [9.17, 15) is 0 Å². The number of halogens is 1. The van der Waals surface area contributed by atoms with Gasteiger partial charge in [0.2, 0.25) is 0 Å². The lowest BCUT2D eigenvalue weighted by molar-refractivity contribution is 0.494. The summed E-state index contributed by atoms with van der Waals surface area (Å²) in [6.07, 6.45) is 4.25.